The Labute approximate surface area is 115 Å². The van der Waals surface area contributed by atoms with Gasteiger partial charge in [-0.1, -0.05) is 12.1 Å². The van der Waals surface area contributed by atoms with E-state index in [1.807, 2.05) is 32.0 Å². The predicted octanol–water partition coefficient (Wildman–Crippen LogP) is 2.71. The van der Waals surface area contributed by atoms with Crippen LogP contribution in [0.2, 0.25) is 0 Å². The fourth-order valence-corrected chi connectivity index (χ4v) is 2.16. The highest BCUT2D eigenvalue weighted by Gasteiger charge is 2.18. The van der Waals surface area contributed by atoms with Crippen LogP contribution in [0.4, 0.5) is 0 Å². The van der Waals surface area contributed by atoms with Crippen LogP contribution in [0.5, 0.6) is 0 Å². The van der Waals surface area contributed by atoms with Crippen LogP contribution in [-0.4, -0.2) is 25.4 Å². The monoisotopic (exact) mass is 267 g/mol. The van der Waals surface area contributed by atoms with Crippen LogP contribution in [0.25, 0.3) is 16.9 Å². The Kier molecular flexibility index (Phi) is 2.75. The molecule has 3 rings (SSSR count). The molecule has 0 saturated heterocycles. The zero-order valence-corrected chi connectivity index (χ0v) is 11.2. The number of imidazole rings is 1. The lowest BCUT2D eigenvalue weighted by Crippen LogP contribution is -2.03. The van der Waals surface area contributed by atoms with E-state index in [1.54, 1.807) is 18.5 Å². The van der Waals surface area contributed by atoms with Crippen molar-refractivity contribution in [3.8, 4) is 11.3 Å². The van der Waals surface area contributed by atoms with Crippen molar-refractivity contribution in [1.82, 2.24) is 14.4 Å². The van der Waals surface area contributed by atoms with E-state index in [4.69, 9.17) is 0 Å². The molecule has 2 aromatic heterocycles. The van der Waals surface area contributed by atoms with Gasteiger partial charge in [-0.15, -0.1) is 0 Å². The molecule has 0 aliphatic carbocycles. The Bertz CT molecular complexity index is 821. The van der Waals surface area contributed by atoms with Crippen molar-refractivity contribution in [2.45, 2.75) is 13.8 Å². The molecule has 0 bridgehead atoms. The normalized spacial score (nSPS) is 10.9. The van der Waals surface area contributed by atoms with Crippen LogP contribution < -0.4 is 0 Å². The molecule has 1 aromatic carbocycles. The van der Waals surface area contributed by atoms with E-state index >= 15 is 0 Å². The van der Waals surface area contributed by atoms with E-state index in [2.05, 4.69) is 9.97 Å². The standard InChI is InChI=1S/C15H13N3O2/c1-9-4-5-11(8-10(9)2)12-13-16-6-3-7-18(13)14(17-12)15(19)20/h3-8H,1-2H3,(H,19,20). The zero-order chi connectivity index (χ0) is 14.3. The van der Waals surface area contributed by atoms with Crippen molar-refractivity contribution in [2.75, 3.05) is 0 Å². The molecule has 0 amide bonds. The number of carboxylic acids is 1. The topological polar surface area (TPSA) is 67.5 Å². The molecule has 5 nitrogen and oxygen atoms in total. The molecule has 0 aliphatic rings. The molecule has 20 heavy (non-hydrogen) atoms. The van der Waals surface area contributed by atoms with E-state index in [-0.39, 0.29) is 5.82 Å². The summed E-state index contributed by atoms with van der Waals surface area (Å²) < 4.78 is 1.49. The lowest BCUT2D eigenvalue weighted by Gasteiger charge is -2.03. The van der Waals surface area contributed by atoms with Gasteiger partial charge in [0.15, 0.2) is 5.65 Å². The van der Waals surface area contributed by atoms with Gasteiger partial charge in [-0.25, -0.2) is 14.8 Å². The average Bonchev–Trinajstić information content (AvgIpc) is 2.82. The largest absolute Gasteiger partial charge is 0.475 e. The Balaban J connectivity index is 2.31. The van der Waals surface area contributed by atoms with Gasteiger partial charge in [-0.2, -0.15) is 0 Å². The number of hydrogen-bond donors (Lipinski definition) is 1. The highest BCUT2D eigenvalue weighted by Crippen LogP contribution is 2.25. The predicted molar refractivity (Wildman–Crippen MR) is 74.9 cm³/mol. The number of rotatable bonds is 2. The van der Waals surface area contributed by atoms with E-state index in [9.17, 15) is 9.90 Å². The third-order valence-electron chi connectivity index (χ3n) is 3.38. The first-order chi connectivity index (χ1) is 9.58. The molecule has 3 aromatic rings. The van der Waals surface area contributed by atoms with Gasteiger partial charge in [0.25, 0.3) is 0 Å². The summed E-state index contributed by atoms with van der Waals surface area (Å²) >= 11 is 0. The second-order valence-electron chi connectivity index (χ2n) is 4.70. The third kappa shape index (κ3) is 1.84. The molecular weight excluding hydrogens is 254 g/mol. The minimum absolute atomic E-state index is 0.0265. The smallest absolute Gasteiger partial charge is 0.372 e. The summed E-state index contributed by atoms with van der Waals surface area (Å²) in [6.07, 6.45) is 3.29. The van der Waals surface area contributed by atoms with E-state index < -0.39 is 5.97 Å². The van der Waals surface area contributed by atoms with Gasteiger partial charge in [-0.05, 0) is 37.1 Å². The molecule has 2 heterocycles. The molecule has 0 saturated carbocycles. The summed E-state index contributed by atoms with van der Waals surface area (Å²) in [7, 11) is 0. The summed E-state index contributed by atoms with van der Waals surface area (Å²) in [6.45, 7) is 4.05. The van der Waals surface area contributed by atoms with Crippen molar-refractivity contribution in [2.24, 2.45) is 0 Å². The first-order valence-electron chi connectivity index (χ1n) is 6.22. The summed E-state index contributed by atoms with van der Waals surface area (Å²) in [5.41, 5.74) is 4.33. The number of aromatic nitrogens is 3. The Hall–Kier alpha value is -2.69. The van der Waals surface area contributed by atoms with E-state index in [0.717, 1.165) is 11.1 Å². The van der Waals surface area contributed by atoms with Crippen molar-refractivity contribution in [3.05, 3.63) is 53.6 Å². The molecule has 0 atom stereocenters. The van der Waals surface area contributed by atoms with Gasteiger partial charge >= 0.3 is 5.97 Å². The SMILES string of the molecule is Cc1ccc(-c2nc(C(=O)O)n3cccnc23)cc1C. The third-order valence-corrected chi connectivity index (χ3v) is 3.38. The van der Waals surface area contributed by atoms with Gasteiger partial charge < -0.3 is 5.11 Å². The van der Waals surface area contributed by atoms with Crippen molar-refractivity contribution in [1.29, 1.82) is 0 Å². The summed E-state index contributed by atoms with van der Waals surface area (Å²) in [5.74, 6) is -1.09. The second kappa shape index (κ2) is 4.45. The number of benzene rings is 1. The molecule has 0 fully saturated rings. The van der Waals surface area contributed by atoms with E-state index in [0.29, 0.717) is 11.3 Å². The quantitative estimate of drug-likeness (QED) is 0.775. The molecule has 0 radical (unpaired) electrons. The Morgan fingerprint density at radius 2 is 2.05 bits per heavy atom. The van der Waals surface area contributed by atoms with Gasteiger partial charge in [-0.3, -0.25) is 4.40 Å². The minimum Gasteiger partial charge on any atom is -0.475 e. The number of carbonyl (C=O) groups is 1. The van der Waals surface area contributed by atoms with Gasteiger partial charge in [0.2, 0.25) is 5.82 Å². The highest BCUT2D eigenvalue weighted by atomic mass is 16.4. The van der Waals surface area contributed by atoms with Gasteiger partial charge in [0, 0.05) is 18.0 Å². The average molecular weight is 267 g/mol. The molecule has 5 heteroatoms. The zero-order valence-electron chi connectivity index (χ0n) is 11.2. The van der Waals surface area contributed by atoms with Crippen LogP contribution >= 0.6 is 0 Å². The molecule has 0 spiro atoms. The van der Waals surface area contributed by atoms with E-state index in [1.165, 1.54) is 9.96 Å². The Morgan fingerprint density at radius 3 is 2.75 bits per heavy atom. The lowest BCUT2D eigenvalue weighted by molar-refractivity contribution is 0.0683. The van der Waals surface area contributed by atoms with Crippen molar-refractivity contribution < 1.29 is 9.90 Å². The highest BCUT2D eigenvalue weighted by molar-refractivity contribution is 5.88. The number of nitrogens with zero attached hydrogens (tertiary/aromatic N) is 3. The van der Waals surface area contributed by atoms with Crippen molar-refractivity contribution in [3.63, 3.8) is 0 Å². The molecule has 100 valence electrons. The van der Waals surface area contributed by atoms with Crippen LogP contribution in [0.3, 0.4) is 0 Å². The van der Waals surface area contributed by atoms with Crippen LogP contribution in [0.15, 0.2) is 36.7 Å². The molecule has 0 aliphatic heterocycles. The fraction of sp³-hybridized carbons (Fsp3) is 0.133. The maximum Gasteiger partial charge on any atom is 0.372 e. The number of fused-ring (bicyclic) bond motifs is 1. The summed E-state index contributed by atoms with van der Waals surface area (Å²) in [5, 5.41) is 9.23. The summed E-state index contributed by atoms with van der Waals surface area (Å²) in [4.78, 5) is 19.8. The van der Waals surface area contributed by atoms with Crippen LogP contribution in [0, 0.1) is 13.8 Å². The minimum atomic E-state index is -1.07. The first kappa shape index (κ1) is 12.3. The Morgan fingerprint density at radius 1 is 1.25 bits per heavy atom. The second-order valence-corrected chi connectivity index (χ2v) is 4.70. The number of aryl methyl sites for hydroxylation is 2. The van der Waals surface area contributed by atoms with Gasteiger partial charge in [0.1, 0.15) is 5.69 Å². The van der Waals surface area contributed by atoms with Crippen molar-refractivity contribution >= 4 is 11.6 Å². The molecule has 0 unspecified atom stereocenters. The first-order valence-corrected chi connectivity index (χ1v) is 6.22. The number of aromatic carboxylic acids is 1. The number of hydrogen-bond acceptors (Lipinski definition) is 3. The fourth-order valence-electron chi connectivity index (χ4n) is 2.16. The lowest BCUT2D eigenvalue weighted by atomic mass is 10.0. The molecule has 1 N–H and O–H groups in total. The summed E-state index contributed by atoms with van der Waals surface area (Å²) in [6, 6.07) is 7.62. The maximum absolute atomic E-state index is 11.3. The molecular formula is C15H13N3O2. The van der Waals surface area contributed by atoms with Crippen LogP contribution in [-0.2, 0) is 0 Å². The maximum atomic E-state index is 11.3. The van der Waals surface area contributed by atoms with Crippen LogP contribution in [0.1, 0.15) is 21.7 Å². The number of carboxylic acid groups (broad SMARTS) is 1. The van der Waals surface area contributed by atoms with Gasteiger partial charge in [0.05, 0.1) is 0 Å².